The molecule has 554 valence electrons. The van der Waals surface area contributed by atoms with Crippen LogP contribution < -0.4 is 0 Å². The fraction of sp³-hybridized carbons (Fsp3) is 0.893. The predicted molar refractivity (Wildman–Crippen MR) is 381 cm³/mol. The Bertz CT molecular complexity index is 1920. The Morgan fingerprint density at radius 1 is 0.351 bits per heavy atom. The Balaban J connectivity index is 5.24. The number of aliphatic hydroxyl groups is 1. The van der Waals surface area contributed by atoms with Crippen molar-refractivity contribution in [3.63, 3.8) is 0 Å². The van der Waals surface area contributed by atoms with E-state index >= 15 is 0 Å². The van der Waals surface area contributed by atoms with Gasteiger partial charge in [0.1, 0.15) is 19.3 Å². The summed E-state index contributed by atoms with van der Waals surface area (Å²) in [6.45, 7) is 9.37. The second-order valence-corrected chi connectivity index (χ2v) is 30.0. The SMILES string of the molecule is CCCCCC/C=C\C=C/CCCCCCCC(=O)OC[C@H](COP(=O)(O)OC[C@@H](O)COP(=O)(O)OC[C@@H](COC(=O)CCCCCCCCC(C)C)OC(=O)CCCCCCCCC(C)CC)OC(=O)CCCCCCCCCCCCCCCCCCCCCC. The number of ether oxygens (including phenoxy) is 4. The van der Waals surface area contributed by atoms with Crippen LogP contribution in [0.15, 0.2) is 24.3 Å². The van der Waals surface area contributed by atoms with Gasteiger partial charge in [0.05, 0.1) is 26.4 Å². The van der Waals surface area contributed by atoms with Crippen molar-refractivity contribution in [3.05, 3.63) is 24.3 Å². The normalized spacial score (nSPS) is 14.5. The summed E-state index contributed by atoms with van der Waals surface area (Å²) in [6.07, 6.45) is 56.7. The van der Waals surface area contributed by atoms with Gasteiger partial charge in [-0.3, -0.25) is 37.3 Å². The highest BCUT2D eigenvalue weighted by molar-refractivity contribution is 7.47. The number of hydrogen-bond acceptors (Lipinski definition) is 15. The monoisotopic (exact) mass is 1380 g/mol. The number of rotatable bonds is 72. The molecule has 3 unspecified atom stereocenters. The Morgan fingerprint density at radius 3 is 0.957 bits per heavy atom. The van der Waals surface area contributed by atoms with E-state index in [1.807, 2.05) is 0 Å². The van der Waals surface area contributed by atoms with Gasteiger partial charge in [0, 0.05) is 25.7 Å². The number of esters is 4. The second kappa shape index (κ2) is 66.4. The van der Waals surface area contributed by atoms with E-state index in [9.17, 15) is 43.2 Å². The zero-order valence-corrected chi connectivity index (χ0v) is 62.5. The van der Waals surface area contributed by atoms with Gasteiger partial charge < -0.3 is 33.8 Å². The third-order valence-corrected chi connectivity index (χ3v) is 19.1. The highest BCUT2D eigenvalue weighted by Crippen LogP contribution is 2.45. The molecule has 0 aliphatic heterocycles. The van der Waals surface area contributed by atoms with E-state index in [1.165, 1.54) is 154 Å². The minimum atomic E-state index is -4.96. The summed E-state index contributed by atoms with van der Waals surface area (Å²) in [7, 11) is -9.92. The summed E-state index contributed by atoms with van der Waals surface area (Å²) in [5.41, 5.74) is 0. The molecular formula is C75H142O17P2. The quantitative estimate of drug-likeness (QED) is 0.0169. The predicted octanol–water partition coefficient (Wildman–Crippen LogP) is 21.5. The van der Waals surface area contributed by atoms with Crippen LogP contribution in [0.3, 0.4) is 0 Å². The number of allylic oxidation sites excluding steroid dienone is 4. The van der Waals surface area contributed by atoms with Crippen molar-refractivity contribution in [2.24, 2.45) is 11.8 Å². The lowest BCUT2D eigenvalue weighted by Crippen LogP contribution is -2.30. The fourth-order valence-electron chi connectivity index (χ4n) is 10.9. The molecule has 0 spiro atoms. The lowest BCUT2D eigenvalue weighted by atomic mass is 10.00. The number of hydrogen-bond donors (Lipinski definition) is 3. The highest BCUT2D eigenvalue weighted by Gasteiger charge is 2.30. The molecule has 0 aromatic heterocycles. The van der Waals surface area contributed by atoms with Crippen LogP contribution in [0.1, 0.15) is 363 Å². The zero-order chi connectivity index (χ0) is 69.3. The van der Waals surface area contributed by atoms with E-state index in [1.54, 1.807) is 0 Å². The average Bonchev–Trinajstić information content (AvgIpc) is 1.48. The van der Waals surface area contributed by atoms with Crippen LogP contribution in [-0.4, -0.2) is 96.7 Å². The molecule has 6 atom stereocenters. The summed E-state index contributed by atoms with van der Waals surface area (Å²) in [6, 6.07) is 0. The summed E-state index contributed by atoms with van der Waals surface area (Å²) in [5, 5.41) is 10.6. The van der Waals surface area contributed by atoms with Crippen molar-refractivity contribution < 1.29 is 80.2 Å². The Morgan fingerprint density at radius 2 is 0.628 bits per heavy atom. The number of carbonyl (C=O) groups is 4. The van der Waals surface area contributed by atoms with Gasteiger partial charge in [0.25, 0.3) is 0 Å². The molecule has 0 heterocycles. The summed E-state index contributed by atoms with van der Waals surface area (Å²) >= 11 is 0. The molecule has 0 aromatic carbocycles. The van der Waals surface area contributed by atoms with Crippen LogP contribution >= 0.6 is 15.6 Å². The summed E-state index contributed by atoms with van der Waals surface area (Å²) < 4.78 is 68.3. The molecule has 94 heavy (non-hydrogen) atoms. The first-order chi connectivity index (χ1) is 45.4. The van der Waals surface area contributed by atoms with Crippen LogP contribution in [0.25, 0.3) is 0 Å². The van der Waals surface area contributed by atoms with E-state index in [-0.39, 0.29) is 25.7 Å². The third-order valence-electron chi connectivity index (χ3n) is 17.2. The van der Waals surface area contributed by atoms with Crippen LogP contribution in [0.5, 0.6) is 0 Å². The first kappa shape index (κ1) is 91.5. The molecule has 0 saturated carbocycles. The molecule has 0 amide bonds. The van der Waals surface area contributed by atoms with E-state index in [0.717, 1.165) is 121 Å². The van der Waals surface area contributed by atoms with Crippen LogP contribution in [0, 0.1) is 11.8 Å². The molecule has 0 saturated heterocycles. The van der Waals surface area contributed by atoms with E-state index in [0.29, 0.717) is 31.6 Å². The number of aliphatic hydroxyl groups excluding tert-OH is 1. The van der Waals surface area contributed by atoms with Gasteiger partial charge in [-0.05, 0) is 63.2 Å². The molecule has 0 aromatic rings. The Hall–Kier alpha value is -2.46. The van der Waals surface area contributed by atoms with E-state index in [4.69, 9.17) is 37.0 Å². The van der Waals surface area contributed by atoms with Gasteiger partial charge in [-0.2, -0.15) is 0 Å². The number of unbranched alkanes of at least 4 members (excludes halogenated alkanes) is 38. The van der Waals surface area contributed by atoms with Gasteiger partial charge in [-0.25, -0.2) is 9.13 Å². The highest BCUT2D eigenvalue weighted by atomic mass is 31.2. The van der Waals surface area contributed by atoms with Crippen molar-refractivity contribution in [3.8, 4) is 0 Å². The molecule has 0 fully saturated rings. The first-order valence-electron chi connectivity index (χ1n) is 38.3. The Kier molecular flexibility index (Phi) is 64.7. The minimum absolute atomic E-state index is 0.0997. The maximum absolute atomic E-state index is 13.1. The lowest BCUT2D eigenvalue weighted by molar-refractivity contribution is -0.161. The number of phosphoric acid groups is 2. The van der Waals surface area contributed by atoms with Crippen LogP contribution in [0.2, 0.25) is 0 Å². The van der Waals surface area contributed by atoms with Crippen LogP contribution in [-0.2, 0) is 65.4 Å². The molecule has 0 radical (unpaired) electrons. The van der Waals surface area contributed by atoms with Crippen molar-refractivity contribution in [2.45, 2.75) is 381 Å². The smallest absolute Gasteiger partial charge is 0.462 e. The third kappa shape index (κ3) is 66.8. The van der Waals surface area contributed by atoms with Crippen molar-refractivity contribution in [1.29, 1.82) is 0 Å². The van der Waals surface area contributed by atoms with Gasteiger partial charge in [0.15, 0.2) is 12.2 Å². The molecule has 0 bridgehead atoms. The molecule has 0 aliphatic carbocycles. The van der Waals surface area contributed by atoms with Crippen molar-refractivity contribution in [2.75, 3.05) is 39.6 Å². The number of carbonyl (C=O) groups excluding carboxylic acids is 4. The largest absolute Gasteiger partial charge is 0.472 e. The molecule has 0 aliphatic rings. The molecule has 19 heteroatoms. The van der Waals surface area contributed by atoms with Gasteiger partial charge in [-0.15, -0.1) is 0 Å². The van der Waals surface area contributed by atoms with E-state index < -0.39 is 97.5 Å². The Labute approximate surface area is 573 Å². The standard InChI is InChI=1S/C75H142O17P2/c1-7-10-12-14-16-18-20-22-24-25-26-27-28-30-32-34-36-38-47-53-59-74(79)91-70(63-85-72(77)57-51-45-37-35-33-31-29-23-21-19-17-15-13-11-8-2)65-89-93(81,82)87-61-69(76)62-88-94(83,84)90-66-71(64-86-73(78)58-52-46-41-39-43-49-55-67(4)5)92-75(80)60-54-48-42-40-44-50-56-68(6)9-3/h19,21,23,29,67-71,76H,7-18,20,22,24-28,30-66H2,1-6H3,(H,81,82)(H,83,84)/b21-19-,29-23-/t68?,69-,70-,71-/m1/s1. The van der Waals surface area contributed by atoms with Crippen molar-refractivity contribution in [1.82, 2.24) is 0 Å². The first-order valence-corrected chi connectivity index (χ1v) is 41.3. The van der Waals surface area contributed by atoms with E-state index in [2.05, 4.69) is 65.8 Å². The second-order valence-electron chi connectivity index (χ2n) is 27.1. The lowest BCUT2D eigenvalue weighted by Gasteiger charge is -2.21. The van der Waals surface area contributed by atoms with Gasteiger partial charge >= 0.3 is 39.5 Å². The molecule has 17 nitrogen and oxygen atoms in total. The average molecular weight is 1380 g/mol. The van der Waals surface area contributed by atoms with Crippen LogP contribution in [0.4, 0.5) is 0 Å². The summed E-state index contributed by atoms with van der Waals surface area (Å²) in [4.78, 5) is 72.6. The maximum Gasteiger partial charge on any atom is 0.472 e. The van der Waals surface area contributed by atoms with Gasteiger partial charge in [0.2, 0.25) is 0 Å². The topological polar surface area (TPSA) is 237 Å². The molecule has 0 rings (SSSR count). The minimum Gasteiger partial charge on any atom is -0.462 e. The van der Waals surface area contributed by atoms with Gasteiger partial charge in [-0.1, -0.05) is 310 Å². The zero-order valence-electron chi connectivity index (χ0n) is 60.7. The maximum atomic E-state index is 13.1. The van der Waals surface area contributed by atoms with Crippen molar-refractivity contribution >= 4 is 39.5 Å². The summed E-state index contributed by atoms with van der Waals surface area (Å²) in [5.74, 6) is -0.758. The number of phosphoric ester groups is 2. The molecule has 3 N–H and O–H groups in total. The fourth-order valence-corrected chi connectivity index (χ4v) is 12.5. The molecular weight excluding hydrogens is 1230 g/mol.